The summed E-state index contributed by atoms with van der Waals surface area (Å²) in [6, 6.07) is 6.95. The molecule has 0 radical (unpaired) electrons. The van der Waals surface area contributed by atoms with Crippen LogP contribution in [0, 0.1) is 5.82 Å². The van der Waals surface area contributed by atoms with Gasteiger partial charge in [0.15, 0.2) is 11.6 Å². The fraction of sp³-hybridized carbons (Fsp3) is 0.444. The van der Waals surface area contributed by atoms with Crippen LogP contribution in [0.2, 0.25) is 0 Å². The molecule has 1 N–H and O–H groups in total. The first-order valence-corrected chi connectivity index (χ1v) is 8.35. The largest absolute Gasteiger partial charge is 0.494 e. The van der Waals surface area contributed by atoms with Crippen molar-refractivity contribution in [2.75, 3.05) is 20.2 Å². The number of piperidine rings is 1. The minimum atomic E-state index is -0.901. The van der Waals surface area contributed by atoms with Crippen LogP contribution in [0.3, 0.4) is 0 Å². The number of methoxy groups -OCH3 is 1. The van der Waals surface area contributed by atoms with E-state index in [1.807, 2.05) is 12.1 Å². The molecule has 1 aliphatic heterocycles. The predicted molar refractivity (Wildman–Crippen MR) is 90.1 cm³/mol. The standard InChI is InChI=1S/C18H22FN3O3/c1-25-17-5-4-13(9-15(17)19)10-21-7-2-3-14(11-21)16-6-8-22(20-16)12-18(23)24/h4-6,8-9,14H,2-3,7,10-12H2,1H3,(H,23,24). The van der Waals surface area contributed by atoms with Gasteiger partial charge in [0.25, 0.3) is 0 Å². The number of aliphatic carboxylic acids is 1. The Balaban J connectivity index is 1.64. The minimum absolute atomic E-state index is 0.123. The molecular weight excluding hydrogens is 325 g/mol. The summed E-state index contributed by atoms with van der Waals surface area (Å²) in [7, 11) is 1.46. The Morgan fingerprint density at radius 1 is 1.44 bits per heavy atom. The molecule has 1 aromatic heterocycles. The molecule has 1 atom stereocenters. The van der Waals surface area contributed by atoms with Gasteiger partial charge in [-0.05, 0) is 43.1 Å². The average Bonchev–Trinajstić information content (AvgIpc) is 3.03. The lowest BCUT2D eigenvalue weighted by molar-refractivity contribution is -0.137. The third-order valence-corrected chi connectivity index (χ3v) is 4.50. The predicted octanol–water partition coefficient (Wildman–Crippen LogP) is 2.50. The summed E-state index contributed by atoms with van der Waals surface area (Å²) in [6.45, 7) is 2.34. The minimum Gasteiger partial charge on any atom is -0.494 e. The fourth-order valence-electron chi connectivity index (χ4n) is 3.33. The van der Waals surface area contributed by atoms with Crippen LogP contribution in [0.15, 0.2) is 30.5 Å². The topological polar surface area (TPSA) is 67.6 Å². The molecule has 1 saturated heterocycles. The van der Waals surface area contributed by atoms with E-state index in [0.29, 0.717) is 6.54 Å². The third-order valence-electron chi connectivity index (χ3n) is 4.50. The number of hydrogen-bond donors (Lipinski definition) is 1. The number of hydrogen-bond acceptors (Lipinski definition) is 4. The van der Waals surface area contributed by atoms with Crippen LogP contribution in [0.4, 0.5) is 4.39 Å². The monoisotopic (exact) mass is 347 g/mol. The van der Waals surface area contributed by atoms with Crippen LogP contribution in [-0.4, -0.2) is 46.0 Å². The number of rotatable bonds is 6. The number of benzene rings is 1. The molecule has 2 aromatic rings. The Hall–Kier alpha value is -2.41. The lowest BCUT2D eigenvalue weighted by Crippen LogP contribution is -2.34. The van der Waals surface area contributed by atoms with Gasteiger partial charge in [-0.15, -0.1) is 0 Å². The van der Waals surface area contributed by atoms with Crippen LogP contribution in [0.5, 0.6) is 5.75 Å². The van der Waals surface area contributed by atoms with E-state index in [4.69, 9.17) is 9.84 Å². The number of carboxylic acid groups (broad SMARTS) is 1. The Morgan fingerprint density at radius 3 is 3.00 bits per heavy atom. The smallest absolute Gasteiger partial charge is 0.325 e. The summed E-state index contributed by atoms with van der Waals surface area (Å²) in [6.07, 6.45) is 3.77. The molecule has 7 heteroatoms. The van der Waals surface area contributed by atoms with Gasteiger partial charge in [0, 0.05) is 25.2 Å². The molecule has 2 heterocycles. The molecule has 0 amide bonds. The first-order valence-electron chi connectivity index (χ1n) is 8.35. The number of nitrogens with zero attached hydrogens (tertiary/aromatic N) is 3. The van der Waals surface area contributed by atoms with Crippen molar-refractivity contribution >= 4 is 5.97 Å². The molecule has 6 nitrogen and oxygen atoms in total. The zero-order valence-electron chi connectivity index (χ0n) is 14.2. The molecule has 25 heavy (non-hydrogen) atoms. The van der Waals surface area contributed by atoms with Crippen molar-refractivity contribution in [3.05, 3.63) is 47.5 Å². The lowest BCUT2D eigenvalue weighted by Gasteiger charge is -2.32. The van der Waals surface area contributed by atoms with E-state index in [9.17, 15) is 9.18 Å². The van der Waals surface area contributed by atoms with Gasteiger partial charge in [-0.1, -0.05) is 6.07 Å². The van der Waals surface area contributed by atoms with Crippen LogP contribution >= 0.6 is 0 Å². The molecular formula is C18H22FN3O3. The first kappa shape index (κ1) is 17.4. The number of carbonyl (C=O) groups is 1. The molecule has 1 aromatic carbocycles. The van der Waals surface area contributed by atoms with Gasteiger partial charge in [0.1, 0.15) is 6.54 Å². The maximum Gasteiger partial charge on any atom is 0.325 e. The van der Waals surface area contributed by atoms with Gasteiger partial charge in [0.2, 0.25) is 0 Å². The van der Waals surface area contributed by atoms with Gasteiger partial charge in [-0.3, -0.25) is 14.4 Å². The lowest BCUT2D eigenvalue weighted by atomic mass is 9.94. The number of carboxylic acids is 1. The van der Waals surface area contributed by atoms with E-state index in [2.05, 4.69) is 10.00 Å². The second-order valence-electron chi connectivity index (χ2n) is 6.38. The van der Waals surface area contributed by atoms with Crippen molar-refractivity contribution in [2.24, 2.45) is 0 Å². The van der Waals surface area contributed by atoms with Crippen LogP contribution < -0.4 is 4.74 Å². The molecule has 0 bridgehead atoms. The number of likely N-dealkylation sites (tertiary alicyclic amines) is 1. The summed E-state index contributed by atoms with van der Waals surface area (Å²) < 4.78 is 20.3. The van der Waals surface area contributed by atoms with Crippen LogP contribution in [0.25, 0.3) is 0 Å². The maximum atomic E-state index is 13.8. The molecule has 0 aliphatic carbocycles. The van der Waals surface area contributed by atoms with Gasteiger partial charge in [-0.25, -0.2) is 4.39 Å². The van der Waals surface area contributed by atoms with E-state index in [-0.39, 0.29) is 24.0 Å². The third kappa shape index (κ3) is 4.36. The van der Waals surface area contributed by atoms with Gasteiger partial charge >= 0.3 is 5.97 Å². The van der Waals surface area contributed by atoms with Crippen molar-refractivity contribution in [1.82, 2.24) is 14.7 Å². The van der Waals surface area contributed by atoms with Crippen molar-refractivity contribution in [3.63, 3.8) is 0 Å². The van der Waals surface area contributed by atoms with Crippen molar-refractivity contribution < 1.29 is 19.0 Å². The average molecular weight is 347 g/mol. The number of ether oxygens (including phenoxy) is 1. The van der Waals surface area contributed by atoms with Crippen LogP contribution in [0.1, 0.15) is 30.0 Å². The highest BCUT2D eigenvalue weighted by atomic mass is 19.1. The maximum absolute atomic E-state index is 13.8. The second-order valence-corrected chi connectivity index (χ2v) is 6.38. The Labute approximate surface area is 145 Å². The summed E-state index contributed by atoms with van der Waals surface area (Å²) in [5.41, 5.74) is 1.84. The summed E-state index contributed by atoms with van der Waals surface area (Å²) in [5.74, 6) is -0.724. The number of halogens is 1. The van der Waals surface area contributed by atoms with Crippen LogP contribution in [-0.2, 0) is 17.9 Å². The summed E-state index contributed by atoms with van der Waals surface area (Å²) >= 11 is 0. The van der Waals surface area contributed by atoms with Crippen molar-refractivity contribution in [1.29, 1.82) is 0 Å². The Morgan fingerprint density at radius 2 is 2.28 bits per heavy atom. The molecule has 1 aliphatic rings. The molecule has 1 fully saturated rings. The van der Waals surface area contributed by atoms with Crippen molar-refractivity contribution in [2.45, 2.75) is 31.8 Å². The highest BCUT2D eigenvalue weighted by Crippen LogP contribution is 2.27. The zero-order chi connectivity index (χ0) is 17.8. The Kier molecular flexibility index (Phi) is 5.33. The normalized spacial score (nSPS) is 18.2. The van der Waals surface area contributed by atoms with E-state index in [1.165, 1.54) is 17.9 Å². The quantitative estimate of drug-likeness (QED) is 0.870. The van der Waals surface area contributed by atoms with E-state index in [1.54, 1.807) is 12.3 Å². The molecule has 134 valence electrons. The molecule has 0 saturated carbocycles. The van der Waals surface area contributed by atoms with Gasteiger partial charge in [0.05, 0.1) is 12.8 Å². The van der Waals surface area contributed by atoms with Gasteiger partial charge < -0.3 is 9.84 Å². The first-order chi connectivity index (χ1) is 12.0. The second kappa shape index (κ2) is 7.65. The van der Waals surface area contributed by atoms with Crippen molar-refractivity contribution in [3.8, 4) is 5.75 Å². The SMILES string of the molecule is COc1ccc(CN2CCCC(c3ccn(CC(=O)O)n3)C2)cc1F. The summed E-state index contributed by atoms with van der Waals surface area (Å²) in [4.78, 5) is 13.1. The molecule has 0 spiro atoms. The molecule has 3 rings (SSSR count). The van der Waals surface area contributed by atoms with E-state index < -0.39 is 5.97 Å². The highest BCUT2D eigenvalue weighted by molar-refractivity contribution is 5.66. The highest BCUT2D eigenvalue weighted by Gasteiger charge is 2.23. The number of aromatic nitrogens is 2. The van der Waals surface area contributed by atoms with E-state index in [0.717, 1.165) is 37.2 Å². The molecule has 1 unspecified atom stereocenters. The Bertz CT molecular complexity index is 747. The fourth-order valence-corrected chi connectivity index (χ4v) is 3.33. The zero-order valence-corrected chi connectivity index (χ0v) is 14.2. The van der Waals surface area contributed by atoms with Gasteiger partial charge in [-0.2, -0.15) is 5.10 Å². The van der Waals surface area contributed by atoms with E-state index >= 15 is 0 Å². The summed E-state index contributed by atoms with van der Waals surface area (Å²) in [5, 5.41) is 13.2.